The number of rotatable bonds is 24. The molecule has 0 saturated heterocycles. The summed E-state index contributed by atoms with van der Waals surface area (Å²) in [6.45, 7) is 5.12. The third kappa shape index (κ3) is 15.1. The Balaban J connectivity index is 0.951. The second kappa shape index (κ2) is 27.7. The number of carboxylic acid groups (broad SMARTS) is 1. The number of amides is 6. The zero-order valence-electron chi connectivity index (χ0n) is 45.9. The van der Waals surface area contributed by atoms with Gasteiger partial charge in [-0.2, -0.15) is 0 Å². The van der Waals surface area contributed by atoms with E-state index in [4.69, 9.17) is 35.1 Å². The van der Waals surface area contributed by atoms with Gasteiger partial charge in [-0.25, -0.2) is 39.7 Å². The Labute approximate surface area is 505 Å². The molecule has 0 radical (unpaired) electrons. The number of carboxylic acids is 1. The van der Waals surface area contributed by atoms with Gasteiger partial charge in [0.05, 0.1) is 53.2 Å². The summed E-state index contributed by atoms with van der Waals surface area (Å²) in [5.41, 5.74) is 9.31. The van der Waals surface area contributed by atoms with Crippen LogP contribution in [0.25, 0.3) is 43.4 Å². The van der Waals surface area contributed by atoms with E-state index >= 15 is 0 Å². The van der Waals surface area contributed by atoms with Crippen LogP contribution in [0.5, 0.6) is 0 Å². The lowest BCUT2D eigenvalue weighted by atomic mass is 9.87. The van der Waals surface area contributed by atoms with Crippen LogP contribution in [-0.2, 0) is 43.3 Å². The highest BCUT2D eigenvalue weighted by molar-refractivity contribution is 7.15. The predicted octanol–water partition coefficient (Wildman–Crippen LogP) is 8.87. The number of hydrogen-bond donors (Lipinski definition) is 7. The fourth-order valence-corrected chi connectivity index (χ4v) is 14.3. The SMILES string of the molecule is CNC(=O)C[C@H](NC(=O)c1csc(-c2ccc(-c3nc(NC(=O)O[C@H]4CC[C@H](C(=O)O)CC4)cs3)nc2-c2csc(-c3csc(CCc4ccccc4)n3)n2)n1)c1nc(C(=O)NC(c2nc(C(=O)NCC(N)=O)c(COC)s2)C(C)C)c(C)s1. The van der Waals surface area contributed by atoms with E-state index in [0.717, 1.165) is 34.9 Å². The summed E-state index contributed by atoms with van der Waals surface area (Å²) in [5.74, 6) is -4.17. The van der Waals surface area contributed by atoms with Crippen LogP contribution in [0.4, 0.5) is 10.6 Å². The molecule has 8 N–H and O–H groups in total. The molecule has 1 aromatic carbocycles. The number of aliphatic carboxylic acids is 1. The van der Waals surface area contributed by atoms with Crippen molar-refractivity contribution in [2.45, 2.75) is 90.5 Å². The van der Waals surface area contributed by atoms with Crippen LogP contribution in [0.2, 0.25) is 0 Å². The summed E-state index contributed by atoms with van der Waals surface area (Å²) in [6.07, 6.45) is 2.04. The van der Waals surface area contributed by atoms with E-state index in [1.54, 1.807) is 35.1 Å². The number of pyridine rings is 1. The monoisotopic (exact) mass is 1250 g/mol. The first kappa shape index (κ1) is 60.8. The van der Waals surface area contributed by atoms with Gasteiger partial charge in [-0.1, -0.05) is 44.2 Å². The lowest BCUT2D eigenvalue weighted by Gasteiger charge is -2.25. The summed E-state index contributed by atoms with van der Waals surface area (Å²) < 4.78 is 10.9. The smallest absolute Gasteiger partial charge is 0.413 e. The third-order valence-corrected chi connectivity index (χ3v) is 19.0. The number of primary amides is 1. The number of carbonyl (C=O) groups is 7. The van der Waals surface area contributed by atoms with Crippen molar-refractivity contribution < 1.29 is 48.1 Å². The van der Waals surface area contributed by atoms with E-state index in [9.17, 15) is 38.7 Å². The van der Waals surface area contributed by atoms with Crippen LogP contribution in [0, 0.1) is 18.8 Å². The van der Waals surface area contributed by atoms with Crippen molar-refractivity contribution in [3.63, 3.8) is 0 Å². The average Bonchev–Trinajstić information content (AvgIpc) is 2.88. The van der Waals surface area contributed by atoms with Crippen molar-refractivity contribution in [3.05, 3.63) is 111 Å². The Kier molecular flexibility index (Phi) is 20.1. The summed E-state index contributed by atoms with van der Waals surface area (Å²) in [4.78, 5) is 125. The molecule has 7 aromatic heterocycles. The van der Waals surface area contributed by atoms with Crippen LogP contribution in [0.15, 0.2) is 64.0 Å². The van der Waals surface area contributed by atoms with Crippen LogP contribution >= 0.6 is 68.0 Å². The minimum absolute atomic E-state index is 0.0406. The maximum atomic E-state index is 14.3. The molecule has 84 heavy (non-hydrogen) atoms. The van der Waals surface area contributed by atoms with E-state index in [1.165, 1.54) is 65.1 Å². The highest BCUT2D eigenvalue weighted by atomic mass is 32.1. The number of benzene rings is 1. The van der Waals surface area contributed by atoms with Crippen LogP contribution in [0.3, 0.4) is 0 Å². The Morgan fingerprint density at radius 1 is 0.726 bits per heavy atom. The minimum atomic E-state index is -0.987. The third-order valence-electron chi connectivity index (χ3n) is 13.2. The van der Waals surface area contributed by atoms with Crippen molar-refractivity contribution >= 4 is 115 Å². The average molecular weight is 1250 g/mol. The highest BCUT2D eigenvalue weighted by Gasteiger charge is 2.32. The first-order chi connectivity index (χ1) is 40.4. The number of aryl methyl sites for hydroxylation is 3. The zero-order chi connectivity index (χ0) is 59.6. The van der Waals surface area contributed by atoms with E-state index in [1.807, 2.05) is 48.9 Å². The standard InChI is InChI=1S/C55H57N13O10S6/c1-26(2)42(53-68-45(37(84-53)21-77-5)47(72)58-20-38(56)69)66-48(73)43-27(3)83-52(67-43)33(19-40(70)57-4)61-46(71)35-23-80-49(63-35)31-16-17-32(50-64-39(25-82-50)65-55(76)78-30-14-12-29(13-15-30)54(74)75)60-44(31)34-22-81-51(62-34)36-24-79-41(59-36)18-11-28-9-7-6-8-10-28/h6-10,16-17,22-26,29-30,33,42H,11-15,18-21H2,1-5H3,(H2,56,69)(H,57,70)(H,58,72)(H,61,71)(H,65,76)(H,66,73)(H,74,75)/t29-,30-,33-,42?/m0/s1. The lowest BCUT2D eigenvalue weighted by molar-refractivity contribution is -0.143. The van der Waals surface area contributed by atoms with Gasteiger partial charge < -0.3 is 41.6 Å². The molecule has 1 unspecified atom stereocenters. The molecule has 0 aliphatic heterocycles. The van der Waals surface area contributed by atoms with E-state index in [0.29, 0.717) is 83.1 Å². The number of hydrogen-bond acceptors (Lipinski definition) is 22. The largest absolute Gasteiger partial charge is 0.481 e. The minimum Gasteiger partial charge on any atom is -0.481 e. The molecule has 438 valence electrons. The molecule has 1 saturated carbocycles. The molecule has 0 spiro atoms. The van der Waals surface area contributed by atoms with Crippen molar-refractivity contribution in [3.8, 4) is 43.4 Å². The van der Waals surface area contributed by atoms with Gasteiger partial charge in [0.15, 0.2) is 0 Å². The van der Waals surface area contributed by atoms with Gasteiger partial charge in [-0.05, 0) is 62.6 Å². The quantitative estimate of drug-likeness (QED) is 0.0297. The fourth-order valence-electron chi connectivity index (χ4n) is 8.91. The predicted molar refractivity (Wildman–Crippen MR) is 321 cm³/mol. The number of methoxy groups -OCH3 is 1. The first-order valence-electron chi connectivity index (χ1n) is 26.4. The Bertz CT molecular complexity index is 3690. The molecular formula is C55H57N13O10S6. The molecule has 1 aliphatic carbocycles. The summed E-state index contributed by atoms with van der Waals surface area (Å²) in [7, 11) is 2.94. The number of aromatic nitrogens is 7. The topological polar surface area (TPSA) is 335 Å². The number of nitrogens with one attached hydrogen (secondary N) is 5. The molecular weight excluding hydrogens is 1200 g/mol. The van der Waals surface area contributed by atoms with Gasteiger partial charge in [0.2, 0.25) is 11.8 Å². The normalized spacial score (nSPS) is 14.8. The molecule has 23 nitrogen and oxygen atoms in total. The molecule has 29 heteroatoms. The maximum absolute atomic E-state index is 14.3. The number of nitrogens with zero attached hydrogens (tertiary/aromatic N) is 7. The molecule has 9 rings (SSSR count). The number of ether oxygens (including phenoxy) is 2. The molecule has 2 atom stereocenters. The van der Waals surface area contributed by atoms with Gasteiger partial charge in [0.25, 0.3) is 17.7 Å². The molecule has 1 aliphatic rings. The zero-order valence-corrected chi connectivity index (χ0v) is 50.8. The van der Waals surface area contributed by atoms with E-state index in [-0.39, 0.29) is 41.8 Å². The second-order valence-corrected chi connectivity index (χ2v) is 25.5. The Morgan fingerprint density at radius 3 is 2.18 bits per heavy atom. The Morgan fingerprint density at radius 2 is 1.45 bits per heavy atom. The summed E-state index contributed by atoms with van der Waals surface area (Å²) in [5, 5.41) is 33.4. The van der Waals surface area contributed by atoms with E-state index in [2.05, 4.69) is 53.7 Å². The summed E-state index contributed by atoms with van der Waals surface area (Å²) in [6, 6.07) is 12.1. The number of anilines is 1. The highest BCUT2D eigenvalue weighted by Crippen LogP contribution is 2.39. The van der Waals surface area contributed by atoms with Gasteiger partial charge in [-0.15, -0.1) is 68.0 Å². The van der Waals surface area contributed by atoms with Crippen molar-refractivity contribution in [2.24, 2.45) is 17.6 Å². The van der Waals surface area contributed by atoms with Crippen molar-refractivity contribution in [1.82, 2.24) is 56.2 Å². The number of carbonyl (C=O) groups excluding carboxylic acids is 6. The molecule has 1 fully saturated rings. The van der Waals surface area contributed by atoms with Gasteiger partial charge in [0, 0.05) is 52.5 Å². The maximum Gasteiger partial charge on any atom is 0.413 e. The molecule has 6 amide bonds. The molecule has 0 bridgehead atoms. The molecule has 8 aromatic rings. The fraction of sp³-hybridized carbons (Fsp3) is 0.345. The van der Waals surface area contributed by atoms with Gasteiger partial charge in [-0.3, -0.25) is 34.1 Å². The van der Waals surface area contributed by atoms with Crippen LogP contribution in [-0.4, -0.2) is 108 Å². The van der Waals surface area contributed by atoms with Crippen molar-refractivity contribution in [1.29, 1.82) is 0 Å². The second-order valence-electron chi connectivity index (χ2n) is 19.6. The van der Waals surface area contributed by atoms with Gasteiger partial charge in [0.1, 0.15) is 71.1 Å². The summed E-state index contributed by atoms with van der Waals surface area (Å²) >= 11 is 7.74. The van der Waals surface area contributed by atoms with E-state index < -0.39 is 72.2 Å². The number of thiazole rings is 6. The molecule has 7 heterocycles. The number of nitrogens with two attached hydrogens (primary N) is 1. The first-order valence-corrected chi connectivity index (χ1v) is 31.5. The van der Waals surface area contributed by atoms with Crippen molar-refractivity contribution in [2.75, 3.05) is 26.0 Å². The Hall–Kier alpha value is -7.80. The van der Waals surface area contributed by atoms with Crippen LogP contribution < -0.4 is 32.3 Å². The van der Waals surface area contributed by atoms with Crippen LogP contribution in [0.1, 0.15) is 120 Å². The lowest BCUT2D eigenvalue weighted by Crippen LogP contribution is -2.34. The van der Waals surface area contributed by atoms with Gasteiger partial charge >= 0.3 is 12.1 Å².